The van der Waals surface area contributed by atoms with Crippen LogP contribution in [0.5, 0.6) is 0 Å². The number of carbonyl (C=O) groups is 4. The number of rotatable bonds is 7. The van der Waals surface area contributed by atoms with Gasteiger partial charge >= 0.3 is 5.97 Å². The molecule has 0 saturated carbocycles. The van der Waals surface area contributed by atoms with E-state index >= 15 is 0 Å². The number of benzene rings is 1. The van der Waals surface area contributed by atoms with Crippen LogP contribution >= 0.6 is 0 Å². The molecule has 1 aliphatic heterocycles. The van der Waals surface area contributed by atoms with Gasteiger partial charge in [-0.25, -0.2) is 0 Å². The molecule has 7 heteroatoms. The lowest BCUT2D eigenvalue weighted by Crippen LogP contribution is -2.36. The number of carboxylic acids is 1. The van der Waals surface area contributed by atoms with Gasteiger partial charge in [-0.3, -0.25) is 24.1 Å². The Morgan fingerprint density at radius 1 is 1.12 bits per heavy atom. The smallest absolute Gasteiger partial charge is 0.323 e. The van der Waals surface area contributed by atoms with Gasteiger partial charge in [0.05, 0.1) is 6.54 Å². The summed E-state index contributed by atoms with van der Waals surface area (Å²) < 4.78 is 0. The van der Waals surface area contributed by atoms with Crippen LogP contribution in [0.4, 0.5) is 0 Å². The first-order valence-electron chi connectivity index (χ1n) is 7.85. The highest BCUT2D eigenvalue weighted by atomic mass is 16.4. The van der Waals surface area contributed by atoms with Crippen LogP contribution in [0, 0.1) is 0 Å². The van der Waals surface area contributed by atoms with E-state index in [1.54, 1.807) is 24.3 Å². The minimum Gasteiger partial charge on any atom is -0.480 e. The molecule has 0 spiro atoms. The molecule has 1 N–H and O–H groups in total. The van der Waals surface area contributed by atoms with Gasteiger partial charge < -0.3 is 10.0 Å². The highest BCUT2D eigenvalue weighted by Gasteiger charge is 2.28. The number of amides is 3. The lowest BCUT2D eigenvalue weighted by atomic mass is 10.1. The average molecular weight is 332 g/mol. The molecule has 0 bridgehead atoms. The third-order valence-electron chi connectivity index (χ3n) is 3.80. The van der Waals surface area contributed by atoms with E-state index in [1.807, 2.05) is 6.92 Å². The topological polar surface area (TPSA) is 95.0 Å². The maximum absolute atomic E-state index is 12.4. The van der Waals surface area contributed by atoms with Crippen LogP contribution in [0.2, 0.25) is 0 Å². The Hall–Kier alpha value is -2.70. The second kappa shape index (κ2) is 7.72. The number of carbonyl (C=O) groups excluding carboxylic acids is 3. The van der Waals surface area contributed by atoms with Gasteiger partial charge in [0.15, 0.2) is 0 Å². The van der Waals surface area contributed by atoms with E-state index in [0.717, 1.165) is 5.56 Å². The normalized spacial score (nSPS) is 14.1. The van der Waals surface area contributed by atoms with Crippen LogP contribution in [0.1, 0.15) is 42.1 Å². The minimum absolute atomic E-state index is 0.185. The van der Waals surface area contributed by atoms with Gasteiger partial charge in [-0.05, 0) is 24.1 Å². The average Bonchev–Trinajstić information content (AvgIpc) is 2.86. The SMILES string of the molecule is CCCN(CC(=O)O)C(=O)c1ccc(CN2C(=O)CCC2=O)cc1. The molecule has 1 saturated heterocycles. The summed E-state index contributed by atoms with van der Waals surface area (Å²) in [5.74, 6) is -1.77. The van der Waals surface area contributed by atoms with E-state index in [1.165, 1.54) is 9.80 Å². The van der Waals surface area contributed by atoms with E-state index in [-0.39, 0.29) is 43.7 Å². The second-order valence-electron chi connectivity index (χ2n) is 5.69. The van der Waals surface area contributed by atoms with Gasteiger partial charge in [-0.2, -0.15) is 0 Å². The molecule has 3 amide bonds. The molecule has 1 fully saturated rings. The number of aliphatic carboxylic acids is 1. The number of imide groups is 1. The predicted molar refractivity (Wildman–Crippen MR) is 85.1 cm³/mol. The summed E-state index contributed by atoms with van der Waals surface area (Å²) >= 11 is 0. The van der Waals surface area contributed by atoms with Gasteiger partial charge in [0.1, 0.15) is 6.54 Å². The molecule has 7 nitrogen and oxygen atoms in total. The van der Waals surface area contributed by atoms with Gasteiger partial charge in [0, 0.05) is 24.9 Å². The molecule has 0 unspecified atom stereocenters. The van der Waals surface area contributed by atoms with Gasteiger partial charge in [-0.1, -0.05) is 19.1 Å². The Labute approximate surface area is 139 Å². The summed E-state index contributed by atoms with van der Waals surface area (Å²) in [6.45, 7) is 2.09. The Balaban J connectivity index is 2.07. The van der Waals surface area contributed by atoms with Crippen molar-refractivity contribution in [3.63, 3.8) is 0 Å². The zero-order valence-corrected chi connectivity index (χ0v) is 13.5. The first-order chi connectivity index (χ1) is 11.4. The lowest BCUT2D eigenvalue weighted by Gasteiger charge is -2.20. The predicted octanol–water partition coefficient (Wildman–Crippen LogP) is 1.27. The first kappa shape index (κ1) is 17.7. The highest BCUT2D eigenvalue weighted by molar-refractivity contribution is 6.01. The molecule has 128 valence electrons. The summed E-state index contributed by atoms with van der Waals surface area (Å²) in [6, 6.07) is 6.54. The number of likely N-dealkylation sites (tertiary alicyclic amines) is 1. The molecular formula is C17H20N2O5. The van der Waals surface area contributed by atoms with Crippen LogP contribution in [0.25, 0.3) is 0 Å². The molecule has 1 aliphatic rings. The third-order valence-corrected chi connectivity index (χ3v) is 3.80. The van der Waals surface area contributed by atoms with Crippen LogP contribution in [0.3, 0.4) is 0 Å². The third kappa shape index (κ3) is 4.18. The molecule has 1 aromatic carbocycles. The Morgan fingerprint density at radius 2 is 1.71 bits per heavy atom. The molecule has 0 aliphatic carbocycles. The fourth-order valence-electron chi connectivity index (χ4n) is 2.60. The lowest BCUT2D eigenvalue weighted by molar-refractivity contribution is -0.139. The number of hydrogen-bond acceptors (Lipinski definition) is 4. The van der Waals surface area contributed by atoms with E-state index in [2.05, 4.69) is 0 Å². The Kier molecular flexibility index (Phi) is 5.68. The fourth-order valence-corrected chi connectivity index (χ4v) is 2.60. The van der Waals surface area contributed by atoms with Crippen molar-refractivity contribution in [2.24, 2.45) is 0 Å². The van der Waals surface area contributed by atoms with Crippen molar-refractivity contribution in [2.75, 3.05) is 13.1 Å². The summed E-state index contributed by atoms with van der Waals surface area (Å²) in [6.07, 6.45) is 1.16. The maximum Gasteiger partial charge on any atom is 0.323 e. The molecule has 24 heavy (non-hydrogen) atoms. The van der Waals surface area contributed by atoms with Crippen LogP contribution in [-0.4, -0.2) is 51.7 Å². The molecule has 0 atom stereocenters. The van der Waals surface area contributed by atoms with Gasteiger partial charge in [-0.15, -0.1) is 0 Å². The van der Waals surface area contributed by atoms with E-state index < -0.39 is 5.97 Å². The number of carboxylic acid groups (broad SMARTS) is 1. The largest absolute Gasteiger partial charge is 0.480 e. The summed E-state index contributed by atoms with van der Waals surface area (Å²) in [5, 5.41) is 8.90. The van der Waals surface area contributed by atoms with Crippen LogP contribution < -0.4 is 0 Å². The molecular weight excluding hydrogens is 312 g/mol. The highest BCUT2D eigenvalue weighted by Crippen LogP contribution is 2.16. The second-order valence-corrected chi connectivity index (χ2v) is 5.69. The zero-order chi connectivity index (χ0) is 17.7. The fraction of sp³-hybridized carbons (Fsp3) is 0.412. The van der Waals surface area contributed by atoms with Crippen molar-refractivity contribution >= 4 is 23.7 Å². The zero-order valence-electron chi connectivity index (χ0n) is 13.5. The molecule has 0 radical (unpaired) electrons. The summed E-state index contributed by atoms with van der Waals surface area (Å²) in [7, 11) is 0. The molecule has 1 heterocycles. The van der Waals surface area contributed by atoms with Crippen molar-refractivity contribution in [1.82, 2.24) is 9.80 Å². The minimum atomic E-state index is -1.06. The molecule has 1 aromatic rings. The maximum atomic E-state index is 12.4. The van der Waals surface area contributed by atoms with E-state index in [0.29, 0.717) is 18.5 Å². The van der Waals surface area contributed by atoms with Gasteiger partial charge in [0.25, 0.3) is 5.91 Å². The van der Waals surface area contributed by atoms with Gasteiger partial charge in [0.2, 0.25) is 11.8 Å². The van der Waals surface area contributed by atoms with Crippen molar-refractivity contribution in [2.45, 2.75) is 32.7 Å². The van der Waals surface area contributed by atoms with E-state index in [4.69, 9.17) is 5.11 Å². The quantitative estimate of drug-likeness (QED) is 0.759. The van der Waals surface area contributed by atoms with Crippen molar-refractivity contribution in [3.8, 4) is 0 Å². The molecule has 2 rings (SSSR count). The van der Waals surface area contributed by atoms with Crippen molar-refractivity contribution in [1.29, 1.82) is 0 Å². The van der Waals surface area contributed by atoms with Crippen molar-refractivity contribution < 1.29 is 24.3 Å². The number of hydrogen-bond donors (Lipinski definition) is 1. The Morgan fingerprint density at radius 3 is 2.21 bits per heavy atom. The standard InChI is InChI=1S/C17H20N2O5/c1-2-9-18(11-16(22)23)17(24)13-5-3-12(4-6-13)10-19-14(20)7-8-15(19)21/h3-6H,2,7-11H2,1H3,(H,22,23). The number of nitrogens with zero attached hydrogens (tertiary/aromatic N) is 2. The van der Waals surface area contributed by atoms with Crippen molar-refractivity contribution in [3.05, 3.63) is 35.4 Å². The molecule has 0 aromatic heterocycles. The summed E-state index contributed by atoms with van der Waals surface area (Å²) in [5.41, 5.74) is 1.13. The van der Waals surface area contributed by atoms with Crippen LogP contribution in [-0.2, 0) is 20.9 Å². The monoisotopic (exact) mass is 332 g/mol. The van der Waals surface area contributed by atoms with E-state index in [9.17, 15) is 19.2 Å². The Bertz CT molecular complexity index is 637. The summed E-state index contributed by atoms with van der Waals surface area (Å²) in [4.78, 5) is 49.0. The first-order valence-corrected chi connectivity index (χ1v) is 7.85. The van der Waals surface area contributed by atoms with Crippen LogP contribution in [0.15, 0.2) is 24.3 Å².